The van der Waals surface area contributed by atoms with E-state index in [1.54, 1.807) is 109 Å². The Morgan fingerprint density at radius 3 is 0.667 bits per heavy atom. The van der Waals surface area contributed by atoms with Crippen molar-refractivity contribution < 1.29 is 143 Å². The lowest BCUT2D eigenvalue weighted by atomic mass is 9.88. The Labute approximate surface area is 785 Å². The molecule has 9 aromatic carbocycles. The number of methoxy groups -OCH3 is 3. The molecule has 30 nitrogen and oxygen atoms in total. The molecule has 135 heavy (non-hydrogen) atoms. The highest BCUT2D eigenvalue weighted by molar-refractivity contribution is 5.95. The summed E-state index contributed by atoms with van der Waals surface area (Å²) in [5.41, 5.74) is 0.981. The van der Waals surface area contributed by atoms with Gasteiger partial charge in [-0.2, -0.15) is 0 Å². The summed E-state index contributed by atoms with van der Waals surface area (Å²) < 4.78 is 120. The van der Waals surface area contributed by atoms with E-state index in [-0.39, 0.29) is 67.9 Å². The van der Waals surface area contributed by atoms with Crippen molar-refractivity contribution in [2.45, 2.75) is 110 Å². The number of hydrogen-bond donors (Lipinski definition) is 0. The van der Waals surface area contributed by atoms with E-state index in [1.165, 1.54) is 112 Å². The predicted octanol–water partition coefficient (Wildman–Crippen LogP) is 19.2. The van der Waals surface area contributed by atoms with Crippen molar-refractivity contribution in [3.05, 3.63) is 272 Å². The van der Waals surface area contributed by atoms with E-state index in [0.717, 1.165) is 95.3 Å². The Hall–Kier alpha value is -14.5. The van der Waals surface area contributed by atoms with Crippen LogP contribution in [0.15, 0.2) is 238 Å². The van der Waals surface area contributed by atoms with Crippen molar-refractivity contribution in [1.29, 1.82) is 0 Å². The number of hydrogen-bond acceptors (Lipinski definition) is 30. The lowest BCUT2D eigenvalue weighted by Gasteiger charge is -2.32. The standard InChI is InChI=1S/C105H116O30/c1-8-96(106)127-63-21-15-12-18-60-124-90-54-33-78(69-93(90)115-5)102(112)133-87-48-42-84(43-49-87)130-99(109)75-27-36-81(37-28-75)121-66-24-57-118-72-105(11-4,73-119-58-25-67-122-82-38-29-76(30-39-82)100(110)131-85-44-50-88(51-45-85)134-103(113)79-34-55-91(94(70-79)116-6)125-61-19-13-16-22-64-128-97(107)9-2)74-120-59-26-68-123-83-40-31-77(32-41-83)101(111)132-86-46-52-89(53-47-86)135-104(114)80-35-56-92(95(71-80)117-7)126-62-20-14-17-23-65-129-98(108)10-3/h8-10,27-56,69-71H,1-3,11-26,57-68,72-74H2,4-7H3. The Morgan fingerprint density at radius 2 is 0.444 bits per heavy atom. The van der Waals surface area contributed by atoms with E-state index < -0.39 is 59.1 Å². The minimum absolute atomic E-state index is 0.222. The van der Waals surface area contributed by atoms with Crippen molar-refractivity contribution in [3.8, 4) is 86.2 Å². The zero-order valence-electron chi connectivity index (χ0n) is 76.6. The van der Waals surface area contributed by atoms with Gasteiger partial charge in [0.25, 0.3) is 0 Å². The molecule has 0 heterocycles. The summed E-state index contributed by atoms with van der Waals surface area (Å²) in [6, 6.07) is 52.0. The third-order valence-electron chi connectivity index (χ3n) is 20.4. The number of carbonyl (C=O) groups excluding carboxylic acids is 9. The first-order valence-electron chi connectivity index (χ1n) is 44.6. The summed E-state index contributed by atoms with van der Waals surface area (Å²) >= 11 is 0. The lowest BCUT2D eigenvalue weighted by molar-refractivity contribution is -0.138. The van der Waals surface area contributed by atoms with E-state index >= 15 is 0 Å². The van der Waals surface area contributed by atoms with Crippen LogP contribution in [0.3, 0.4) is 0 Å². The Morgan fingerprint density at radius 1 is 0.237 bits per heavy atom. The lowest BCUT2D eigenvalue weighted by Crippen LogP contribution is -2.37. The van der Waals surface area contributed by atoms with Crippen LogP contribution < -0.4 is 71.1 Å². The summed E-state index contributed by atoms with van der Waals surface area (Å²) in [5.74, 6) is 0.383. The molecule has 0 radical (unpaired) electrons. The molecule has 9 aromatic rings. The van der Waals surface area contributed by atoms with Crippen LogP contribution in [-0.4, -0.2) is 174 Å². The van der Waals surface area contributed by atoms with Gasteiger partial charge in [0.05, 0.1) is 134 Å². The summed E-state index contributed by atoms with van der Waals surface area (Å²) in [6.07, 6.45) is 15.3. The van der Waals surface area contributed by atoms with Crippen LogP contribution in [0.25, 0.3) is 0 Å². The molecule has 0 aromatic heterocycles. The van der Waals surface area contributed by atoms with Gasteiger partial charge in [-0.05, 0) is 284 Å². The van der Waals surface area contributed by atoms with Gasteiger partial charge < -0.3 is 99.5 Å². The molecule has 30 heteroatoms. The molecule has 0 N–H and O–H groups in total. The fourth-order valence-corrected chi connectivity index (χ4v) is 12.8. The third kappa shape index (κ3) is 37.2. The molecule has 0 unspecified atom stereocenters. The van der Waals surface area contributed by atoms with Gasteiger partial charge in [0.1, 0.15) is 51.7 Å². The van der Waals surface area contributed by atoms with Crippen LogP contribution in [0.2, 0.25) is 0 Å². The molecular weight excluding hydrogens is 1740 g/mol. The topological polar surface area (TPSA) is 347 Å². The minimum Gasteiger partial charge on any atom is -0.494 e. The Kier molecular flexibility index (Phi) is 45.1. The van der Waals surface area contributed by atoms with E-state index in [9.17, 15) is 43.2 Å². The normalized spacial score (nSPS) is 10.8. The molecule has 0 saturated heterocycles. The number of benzene rings is 9. The van der Waals surface area contributed by atoms with Gasteiger partial charge >= 0.3 is 53.7 Å². The number of esters is 9. The molecule has 9 rings (SSSR count). The zero-order valence-corrected chi connectivity index (χ0v) is 76.6. The average Bonchev–Trinajstić information content (AvgIpc) is 0.839. The second-order valence-electron chi connectivity index (χ2n) is 30.4. The van der Waals surface area contributed by atoms with Crippen LogP contribution in [0, 0.1) is 5.41 Å². The van der Waals surface area contributed by atoms with E-state index in [0.29, 0.717) is 177 Å². The summed E-state index contributed by atoms with van der Waals surface area (Å²) in [4.78, 5) is 113. The van der Waals surface area contributed by atoms with E-state index in [4.69, 9.17) is 99.5 Å². The van der Waals surface area contributed by atoms with Crippen molar-refractivity contribution >= 4 is 53.7 Å². The fourth-order valence-electron chi connectivity index (χ4n) is 12.8. The molecule has 0 aliphatic heterocycles. The van der Waals surface area contributed by atoms with Crippen LogP contribution in [0.1, 0.15) is 172 Å². The summed E-state index contributed by atoms with van der Waals surface area (Å²) in [5, 5.41) is 0. The maximum atomic E-state index is 13.2. The fraction of sp³-hybridized carbons (Fsp3) is 0.343. The van der Waals surface area contributed by atoms with Crippen LogP contribution in [-0.2, 0) is 42.8 Å². The van der Waals surface area contributed by atoms with Gasteiger partial charge in [-0.1, -0.05) is 26.7 Å². The highest BCUT2D eigenvalue weighted by atomic mass is 16.6. The van der Waals surface area contributed by atoms with Gasteiger partial charge in [-0.15, -0.1) is 0 Å². The predicted molar refractivity (Wildman–Crippen MR) is 498 cm³/mol. The smallest absolute Gasteiger partial charge is 0.343 e. The van der Waals surface area contributed by atoms with Crippen molar-refractivity contribution in [3.63, 3.8) is 0 Å². The molecule has 0 spiro atoms. The summed E-state index contributed by atoms with van der Waals surface area (Å²) in [7, 11) is 4.43. The van der Waals surface area contributed by atoms with Crippen LogP contribution in [0.4, 0.5) is 0 Å². The SMILES string of the molecule is C=CC(=O)OCCCCCCOc1ccc(C(=O)Oc2ccc(OC(=O)c3ccc(OCCCOCC(CC)(COCCCOc4ccc(C(=O)Oc5ccc(OC(=O)c6ccc(OCCCCCCOC(=O)C=C)c(OC)c6)cc5)cc4)COCCCOc4ccc(C(=O)Oc5ccc(OC(=O)c6ccc(OCCCCCCOC(=O)C=C)c(OC)c6)cc5)cc4)cc3)cc2)cc1OC. The van der Waals surface area contributed by atoms with Gasteiger partial charge in [-0.3, -0.25) is 0 Å². The monoisotopic (exact) mass is 1860 g/mol. The first-order valence-corrected chi connectivity index (χ1v) is 44.6. The van der Waals surface area contributed by atoms with Crippen LogP contribution in [0.5, 0.6) is 86.2 Å². The molecule has 0 fully saturated rings. The first kappa shape index (κ1) is 104. The molecule has 0 aliphatic rings. The largest absolute Gasteiger partial charge is 0.494 e. The van der Waals surface area contributed by atoms with Crippen molar-refractivity contribution in [1.82, 2.24) is 0 Å². The van der Waals surface area contributed by atoms with Gasteiger partial charge in [0.2, 0.25) is 0 Å². The maximum Gasteiger partial charge on any atom is 0.343 e. The Balaban J connectivity index is 0.695. The Bertz CT molecular complexity index is 4730. The van der Waals surface area contributed by atoms with E-state index in [2.05, 4.69) is 19.7 Å². The molecule has 0 saturated carbocycles. The highest BCUT2D eigenvalue weighted by Gasteiger charge is 2.31. The quantitative estimate of drug-likeness (QED) is 0.0112. The van der Waals surface area contributed by atoms with Crippen molar-refractivity contribution in [2.75, 3.05) is 120 Å². The molecule has 0 aliphatic carbocycles. The maximum absolute atomic E-state index is 13.2. The minimum atomic E-state index is -0.634. The first-order chi connectivity index (χ1) is 65.8. The van der Waals surface area contributed by atoms with Gasteiger partial charge in [0, 0.05) is 62.7 Å². The van der Waals surface area contributed by atoms with E-state index in [1.807, 2.05) is 6.92 Å². The second kappa shape index (κ2) is 58.4. The average molecular weight is 1860 g/mol. The van der Waals surface area contributed by atoms with Gasteiger partial charge in [-0.25, -0.2) is 43.2 Å². The number of unbranched alkanes of at least 4 members (excludes halogenated alkanes) is 9. The number of rotatable bonds is 64. The second-order valence-corrected chi connectivity index (χ2v) is 30.4. The van der Waals surface area contributed by atoms with Crippen LogP contribution >= 0.6 is 0 Å². The summed E-state index contributed by atoms with van der Waals surface area (Å²) in [6.45, 7) is 17.4. The molecule has 0 bridgehead atoms. The molecule has 0 amide bonds. The number of carbonyl (C=O) groups is 9. The highest BCUT2D eigenvalue weighted by Crippen LogP contribution is 2.35. The zero-order chi connectivity index (χ0) is 96.0. The van der Waals surface area contributed by atoms with Gasteiger partial charge in [0.15, 0.2) is 34.5 Å². The molecule has 0 atom stereocenters. The number of ether oxygens (including phenoxy) is 21. The molecule has 716 valence electrons. The van der Waals surface area contributed by atoms with Crippen molar-refractivity contribution in [2.24, 2.45) is 5.41 Å². The third-order valence-corrected chi connectivity index (χ3v) is 20.4. The molecular formula is C105H116O30.